The van der Waals surface area contributed by atoms with Gasteiger partial charge in [0.2, 0.25) is 0 Å². The van der Waals surface area contributed by atoms with Gasteiger partial charge < -0.3 is 4.74 Å². The molecule has 0 N–H and O–H groups in total. The van der Waals surface area contributed by atoms with Crippen molar-refractivity contribution in [3.05, 3.63) is 0 Å². The molecule has 0 bridgehead atoms. The van der Waals surface area contributed by atoms with Crippen LogP contribution in [0.15, 0.2) is 0 Å². The smallest absolute Gasteiger partial charge is 0.157 e. The molecule has 0 unspecified atom stereocenters. The number of ketones is 1. The molecule has 19 heavy (non-hydrogen) atoms. The summed E-state index contributed by atoms with van der Waals surface area (Å²) in [7, 11) is 2.00. The van der Waals surface area contributed by atoms with E-state index in [9.17, 15) is 4.79 Å². The van der Waals surface area contributed by atoms with Crippen molar-refractivity contribution in [2.75, 3.05) is 13.7 Å². The molecule has 0 saturated carbocycles. The van der Waals surface area contributed by atoms with E-state index < -0.39 is 0 Å². The number of Topliss-reactive ketones (excluding diaryl/α,β-unsaturated/α-hetero) is 1. The fourth-order valence-corrected chi connectivity index (χ4v) is 1.66. The van der Waals surface area contributed by atoms with Crippen molar-refractivity contribution in [3.8, 4) is 0 Å². The van der Waals surface area contributed by atoms with Gasteiger partial charge in [0.15, 0.2) is 5.78 Å². The van der Waals surface area contributed by atoms with Crippen molar-refractivity contribution in [3.63, 3.8) is 0 Å². The molecule has 0 aromatic rings. The molecule has 3 heteroatoms. The summed E-state index contributed by atoms with van der Waals surface area (Å²) in [5.41, 5.74) is -0.645. The minimum absolute atomic E-state index is 0.0627. The molecule has 0 aromatic carbocycles. The number of hydrogen-bond acceptors (Lipinski definition) is 3. The van der Waals surface area contributed by atoms with Crippen LogP contribution in [0.3, 0.4) is 0 Å². The van der Waals surface area contributed by atoms with Gasteiger partial charge in [-0.2, -0.15) is 0 Å². The van der Waals surface area contributed by atoms with Crippen molar-refractivity contribution in [1.29, 1.82) is 0 Å². The molecule has 0 saturated heterocycles. The van der Waals surface area contributed by atoms with Gasteiger partial charge >= 0.3 is 0 Å². The molecule has 0 spiro atoms. The molecule has 0 aliphatic heterocycles. The normalized spacial score (nSPS) is 15.7. The van der Waals surface area contributed by atoms with Crippen LogP contribution in [0.2, 0.25) is 0 Å². The van der Waals surface area contributed by atoms with E-state index in [1.807, 2.05) is 48.6 Å². The molecule has 0 aliphatic carbocycles. The lowest BCUT2D eigenvalue weighted by atomic mass is 9.85. The largest absolute Gasteiger partial charge is 0.374 e. The van der Waals surface area contributed by atoms with E-state index in [1.165, 1.54) is 0 Å². The third-order valence-corrected chi connectivity index (χ3v) is 3.24. The predicted octanol–water partition coefficient (Wildman–Crippen LogP) is 3.52. The van der Waals surface area contributed by atoms with E-state index >= 15 is 0 Å². The zero-order chi connectivity index (χ0) is 15.6. The Labute approximate surface area is 119 Å². The molecule has 0 fully saturated rings. The Morgan fingerprint density at radius 2 is 1.42 bits per heavy atom. The van der Waals surface area contributed by atoms with Crippen molar-refractivity contribution in [2.45, 2.75) is 79.5 Å². The standard InChI is InChI=1S/C16H33NO2/c1-14(2,3)13(18)12(11-19-16(7,8)9)17(10)15(4,5)6/h12H,11H2,1-10H3/t12-/m1/s1. The minimum Gasteiger partial charge on any atom is -0.374 e. The topological polar surface area (TPSA) is 29.5 Å². The zero-order valence-electron chi connectivity index (χ0n) is 14.5. The van der Waals surface area contributed by atoms with Gasteiger partial charge in [0.1, 0.15) is 0 Å². The van der Waals surface area contributed by atoms with Crippen LogP contribution in [-0.4, -0.2) is 41.5 Å². The van der Waals surface area contributed by atoms with Crippen LogP contribution in [0.4, 0.5) is 0 Å². The number of carbonyl (C=O) groups excluding carboxylic acids is 1. The lowest BCUT2D eigenvalue weighted by Gasteiger charge is -2.41. The Kier molecular flexibility index (Phi) is 5.80. The maximum absolute atomic E-state index is 12.6. The van der Waals surface area contributed by atoms with Crippen molar-refractivity contribution < 1.29 is 9.53 Å². The molecule has 0 amide bonds. The average molecular weight is 271 g/mol. The molecule has 0 rings (SSSR count). The van der Waals surface area contributed by atoms with E-state index in [-0.39, 0.29) is 28.4 Å². The van der Waals surface area contributed by atoms with Crippen LogP contribution in [0.5, 0.6) is 0 Å². The molecular formula is C16H33NO2. The highest BCUT2D eigenvalue weighted by Crippen LogP contribution is 2.24. The van der Waals surface area contributed by atoms with Crippen LogP contribution in [0.25, 0.3) is 0 Å². The third kappa shape index (κ3) is 6.53. The second-order valence-electron chi connectivity index (χ2n) is 8.34. The van der Waals surface area contributed by atoms with Gasteiger partial charge in [-0.1, -0.05) is 20.8 Å². The highest BCUT2D eigenvalue weighted by Gasteiger charge is 2.37. The monoisotopic (exact) mass is 271 g/mol. The second kappa shape index (κ2) is 5.92. The predicted molar refractivity (Wildman–Crippen MR) is 81.5 cm³/mol. The highest BCUT2D eigenvalue weighted by molar-refractivity contribution is 5.88. The summed E-state index contributed by atoms with van der Waals surface area (Å²) in [5.74, 6) is 0.231. The number of carbonyl (C=O) groups is 1. The Balaban J connectivity index is 5.11. The fraction of sp³-hybridized carbons (Fsp3) is 0.938. The Hall–Kier alpha value is -0.410. The third-order valence-electron chi connectivity index (χ3n) is 3.24. The van der Waals surface area contributed by atoms with E-state index in [4.69, 9.17) is 4.74 Å². The lowest BCUT2D eigenvalue weighted by molar-refractivity contribution is -0.138. The number of nitrogens with zero attached hydrogens (tertiary/aromatic N) is 1. The average Bonchev–Trinajstić information content (AvgIpc) is 2.12. The Morgan fingerprint density at radius 1 is 1.00 bits per heavy atom. The van der Waals surface area contributed by atoms with Crippen LogP contribution >= 0.6 is 0 Å². The van der Waals surface area contributed by atoms with Gasteiger partial charge in [-0.25, -0.2) is 0 Å². The first-order valence-electron chi connectivity index (χ1n) is 7.07. The quantitative estimate of drug-likeness (QED) is 0.783. The summed E-state index contributed by atoms with van der Waals surface area (Å²) < 4.78 is 5.86. The van der Waals surface area contributed by atoms with Crippen LogP contribution in [0.1, 0.15) is 62.3 Å². The van der Waals surface area contributed by atoms with Crippen LogP contribution in [-0.2, 0) is 9.53 Å². The lowest BCUT2D eigenvalue weighted by Crippen LogP contribution is -2.54. The van der Waals surface area contributed by atoms with Gasteiger partial charge in [-0.05, 0) is 48.6 Å². The molecule has 0 heterocycles. The van der Waals surface area contributed by atoms with E-state index in [2.05, 4.69) is 25.7 Å². The first kappa shape index (κ1) is 18.6. The summed E-state index contributed by atoms with van der Waals surface area (Å²) in [4.78, 5) is 14.8. The number of likely N-dealkylation sites (N-methyl/N-ethyl adjacent to an activating group) is 1. The fourth-order valence-electron chi connectivity index (χ4n) is 1.66. The summed E-state index contributed by atoms with van der Waals surface area (Å²) in [6.45, 7) is 18.7. The van der Waals surface area contributed by atoms with Crippen molar-refractivity contribution in [1.82, 2.24) is 4.90 Å². The first-order chi connectivity index (χ1) is 8.16. The Bertz CT molecular complexity index is 302. The maximum atomic E-state index is 12.6. The zero-order valence-corrected chi connectivity index (χ0v) is 14.5. The highest BCUT2D eigenvalue weighted by atomic mass is 16.5. The second-order valence-corrected chi connectivity index (χ2v) is 8.34. The molecular weight excluding hydrogens is 238 g/mol. The molecule has 0 aliphatic rings. The SMILES string of the molecule is CN([C@H](COC(C)(C)C)C(=O)C(C)(C)C)C(C)(C)C. The van der Waals surface area contributed by atoms with Crippen molar-refractivity contribution in [2.24, 2.45) is 5.41 Å². The Morgan fingerprint density at radius 3 is 1.68 bits per heavy atom. The van der Waals surface area contributed by atoms with Crippen LogP contribution in [0, 0.1) is 5.41 Å². The minimum atomic E-state index is -0.356. The van der Waals surface area contributed by atoms with Gasteiger partial charge in [-0.3, -0.25) is 9.69 Å². The molecule has 0 aromatic heterocycles. The summed E-state index contributed by atoms with van der Waals surface area (Å²) in [6.07, 6.45) is 0. The molecule has 3 nitrogen and oxygen atoms in total. The molecule has 1 atom stereocenters. The van der Waals surface area contributed by atoms with Gasteiger partial charge in [0.05, 0.1) is 18.2 Å². The number of rotatable bonds is 4. The van der Waals surface area contributed by atoms with Gasteiger partial charge in [0.25, 0.3) is 0 Å². The van der Waals surface area contributed by atoms with Crippen LogP contribution < -0.4 is 0 Å². The van der Waals surface area contributed by atoms with Crippen molar-refractivity contribution >= 4 is 5.78 Å². The summed E-state index contributed by atoms with van der Waals surface area (Å²) in [5, 5.41) is 0. The molecule has 114 valence electrons. The maximum Gasteiger partial charge on any atom is 0.157 e. The summed E-state index contributed by atoms with van der Waals surface area (Å²) in [6, 6.07) is -0.209. The molecule has 0 radical (unpaired) electrons. The van der Waals surface area contributed by atoms with E-state index in [0.717, 1.165) is 0 Å². The van der Waals surface area contributed by atoms with E-state index in [0.29, 0.717) is 6.61 Å². The van der Waals surface area contributed by atoms with Gasteiger partial charge in [-0.15, -0.1) is 0 Å². The summed E-state index contributed by atoms with van der Waals surface area (Å²) >= 11 is 0. The first-order valence-corrected chi connectivity index (χ1v) is 7.07. The number of hydrogen-bond donors (Lipinski definition) is 0. The number of ether oxygens (including phenoxy) is 1. The van der Waals surface area contributed by atoms with E-state index in [1.54, 1.807) is 0 Å². The van der Waals surface area contributed by atoms with Gasteiger partial charge in [0, 0.05) is 11.0 Å².